The van der Waals surface area contributed by atoms with Crippen LogP contribution < -0.4 is 10.9 Å². The Morgan fingerprint density at radius 3 is 2.36 bits per heavy atom. The Morgan fingerprint density at radius 2 is 1.71 bits per heavy atom. The summed E-state index contributed by atoms with van der Waals surface area (Å²) < 4.78 is 1.60. The smallest absolute Gasteiger partial charge is 0.258 e. The molecular weight excluding hydrogens is 346 g/mol. The summed E-state index contributed by atoms with van der Waals surface area (Å²) in [7, 11) is 0. The van der Waals surface area contributed by atoms with E-state index in [0.717, 1.165) is 17.7 Å². The summed E-state index contributed by atoms with van der Waals surface area (Å²) >= 11 is 0. The van der Waals surface area contributed by atoms with Gasteiger partial charge in [-0.15, -0.1) is 0 Å². The SMILES string of the molecule is CCC(C)c1ccc(C(NCc2cc(=O)n3cc(C)ccc3n2)C(C)C)cc1. The zero-order valence-corrected chi connectivity index (χ0v) is 17.6. The van der Waals surface area contributed by atoms with E-state index in [4.69, 9.17) is 0 Å². The Balaban J connectivity index is 1.79. The lowest BCUT2D eigenvalue weighted by atomic mass is 9.92. The second-order valence-corrected chi connectivity index (χ2v) is 8.10. The van der Waals surface area contributed by atoms with Crippen LogP contribution >= 0.6 is 0 Å². The molecule has 148 valence electrons. The Bertz CT molecular complexity index is 989. The predicted molar refractivity (Wildman–Crippen MR) is 116 cm³/mol. The Labute approximate surface area is 167 Å². The minimum atomic E-state index is -0.0375. The molecule has 3 aromatic rings. The van der Waals surface area contributed by atoms with Gasteiger partial charge in [0.2, 0.25) is 0 Å². The van der Waals surface area contributed by atoms with Crippen molar-refractivity contribution in [2.75, 3.05) is 0 Å². The number of hydrogen-bond donors (Lipinski definition) is 1. The average Bonchev–Trinajstić information content (AvgIpc) is 2.68. The molecule has 2 heterocycles. The van der Waals surface area contributed by atoms with Crippen LogP contribution in [0.1, 0.15) is 68.5 Å². The van der Waals surface area contributed by atoms with E-state index in [-0.39, 0.29) is 11.6 Å². The molecule has 2 atom stereocenters. The Hall–Kier alpha value is -2.46. The second-order valence-electron chi connectivity index (χ2n) is 8.10. The predicted octanol–water partition coefficient (Wildman–Crippen LogP) is 5.00. The monoisotopic (exact) mass is 377 g/mol. The van der Waals surface area contributed by atoms with Gasteiger partial charge in [-0.25, -0.2) is 4.98 Å². The van der Waals surface area contributed by atoms with Gasteiger partial charge in [-0.3, -0.25) is 9.20 Å². The van der Waals surface area contributed by atoms with E-state index < -0.39 is 0 Å². The van der Waals surface area contributed by atoms with E-state index in [9.17, 15) is 4.79 Å². The van der Waals surface area contributed by atoms with Crippen LogP contribution in [0.25, 0.3) is 5.65 Å². The number of aromatic nitrogens is 2. The van der Waals surface area contributed by atoms with Gasteiger partial charge in [0, 0.05) is 24.8 Å². The van der Waals surface area contributed by atoms with Crippen molar-refractivity contribution < 1.29 is 0 Å². The number of rotatable bonds is 7. The number of hydrogen-bond acceptors (Lipinski definition) is 3. The first-order chi connectivity index (χ1) is 13.4. The van der Waals surface area contributed by atoms with Gasteiger partial charge in [0.15, 0.2) is 0 Å². The summed E-state index contributed by atoms with van der Waals surface area (Å²) in [5, 5.41) is 3.61. The van der Waals surface area contributed by atoms with Crippen molar-refractivity contribution in [1.82, 2.24) is 14.7 Å². The first kappa shape index (κ1) is 20.3. The van der Waals surface area contributed by atoms with Gasteiger partial charge < -0.3 is 5.32 Å². The molecule has 28 heavy (non-hydrogen) atoms. The number of benzene rings is 1. The van der Waals surface area contributed by atoms with Crippen molar-refractivity contribution in [1.29, 1.82) is 0 Å². The van der Waals surface area contributed by atoms with E-state index in [1.165, 1.54) is 11.1 Å². The van der Waals surface area contributed by atoms with Gasteiger partial charge in [-0.05, 0) is 47.9 Å². The molecule has 0 spiro atoms. The molecule has 0 saturated carbocycles. The molecule has 1 aromatic carbocycles. The van der Waals surface area contributed by atoms with E-state index in [2.05, 4.69) is 62.3 Å². The summed E-state index contributed by atoms with van der Waals surface area (Å²) in [6, 6.07) is 14.7. The van der Waals surface area contributed by atoms with Crippen LogP contribution in [0.5, 0.6) is 0 Å². The average molecular weight is 378 g/mol. The van der Waals surface area contributed by atoms with E-state index in [1.807, 2.05) is 25.3 Å². The molecular formula is C24H31N3O. The molecule has 0 aliphatic heterocycles. The quantitative estimate of drug-likeness (QED) is 0.630. The van der Waals surface area contributed by atoms with Gasteiger partial charge >= 0.3 is 0 Å². The maximum absolute atomic E-state index is 12.4. The third-order valence-electron chi connectivity index (χ3n) is 5.51. The molecule has 0 amide bonds. The Kier molecular flexibility index (Phi) is 6.30. The second kappa shape index (κ2) is 8.70. The number of aryl methyl sites for hydroxylation is 1. The number of nitrogens with zero attached hydrogens (tertiary/aromatic N) is 2. The summed E-state index contributed by atoms with van der Waals surface area (Å²) in [4.78, 5) is 17.1. The molecule has 4 heteroatoms. The zero-order chi connectivity index (χ0) is 20.3. The molecule has 0 radical (unpaired) electrons. The largest absolute Gasteiger partial charge is 0.304 e. The van der Waals surface area contributed by atoms with Crippen molar-refractivity contribution in [2.45, 2.75) is 59.5 Å². The fourth-order valence-electron chi connectivity index (χ4n) is 3.57. The van der Waals surface area contributed by atoms with Gasteiger partial charge in [-0.1, -0.05) is 58.0 Å². The standard InChI is InChI=1S/C24H31N3O/c1-6-18(5)19-8-10-20(11-9-19)24(16(2)3)25-14-21-13-23(28)27-15-17(4)7-12-22(27)26-21/h7-13,15-16,18,24-25H,6,14H2,1-5H3. The molecule has 0 aliphatic rings. The highest BCUT2D eigenvalue weighted by Crippen LogP contribution is 2.25. The molecule has 3 rings (SSSR count). The van der Waals surface area contributed by atoms with E-state index in [0.29, 0.717) is 24.0 Å². The molecule has 0 bridgehead atoms. The zero-order valence-electron chi connectivity index (χ0n) is 17.6. The topological polar surface area (TPSA) is 46.4 Å². The number of nitrogens with one attached hydrogen (secondary N) is 1. The molecule has 0 aliphatic carbocycles. The molecule has 0 saturated heterocycles. The highest BCUT2D eigenvalue weighted by Gasteiger charge is 2.16. The third-order valence-corrected chi connectivity index (χ3v) is 5.51. The lowest BCUT2D eigenvalue weighted by molar-refractivity contribution is 0.408. The first-order valence-corrected chi connectivity index (χ1v) is 10.2. The van der Waals surface area contributed by atoms with Crippen LogP contribution in [0, 0.1) is 12.8 Å². The van der Waals surface area contributed by atoms with Crippen LogP contribution in [0.15, 0.2) is 53.5 Å². The molecule has 4 nitrogen and oxygen atoms in total. The fourth-order valence-corrected chi connectivity index (χ4v) is 3.57. The van der Waals surface area contributed by atoms with Crippen LogP contribution in [0.2, 0.25) is 0 Å². The van der Waals surface area contributed by atoms with E-state index >= 15 is 0 Å². The highest BCUT2D eigenvalue weighted by atomic mass is 16.1. The lowest BCUT2D eigenvalue weighted by Gasteiger charge is -2.23. The minimum Gasteiger partial charge on any atom is -0.304 e. The summed E-state index contributed by atoms with van der Waals surface area (Å²) in [5.74, 6) is 1.01. The minimum absolute atomic E-state index is 0.0375. The van der Waals surface area contributed by atoms with Crippen LogP contribution in [-0.2, 0) is 6.54 Å². The summed E-state index contributed by atoms with van der Waals surface area (Å²) in [5.41, 5.74) is 5.13. The van der Waals surface area contributed by atoms with Crippen LogP contribution in [0.4, 0.5) is 0 Å². The van der Waals surface area contributed by atoms with E-state index in [1.54, 1.807) is 10.5 Å². The third kappa shape index (κ3) is 4.50. The molecule has 2 unspecified atom stereocenters. The van der Waals surface area contributed by atoms with Crippen molar-refractivity contribution in [3.63, 3.8) is 0 Å². The summed E-state index contributed by atoms with van der Waals surface area (Å²) in [6.07, 6.45) is 2.98. The lowest BCUT2D eigenvalue weighted by Crippen LogP contribution is -2.27. The normalized spacial score (nSPS) is 13.8. The fraction of sp³-hybridized carbons (Fsp3) is 0.417. The van der Waals surface area contributed by atoms with Gasteiger partial charge in [0.05, 0.1) is 5.69 Å². The number of pyridine rings is 1. The van der Waals surface area contributed by atoms with Gasteiger partial charge in [0.25, 0.3) is 5.56 Å². The highest BCUT2D eigenvalue weighted by molar-refractivity contribution is 5.40. The van der Waals surface area contributed by atoms with Crippen LogP contribution in [0.3, 0.4) is 0 Å². The first-order valence-electron chi connectivity index (χ1n) is 10.2. The maximum atomic E-state index is 12.4. The van der Waals surface area contributed by atoms with Gasteiger partial charge in [0.1, 0.15) is 5.65 Å². The number of fused-ring (bicyclic) bond motifs is 1. The molecule has 1 N–H and O–H groups in total. The summed E-state index contributed by atoms with van der Waals surface area (Å²) in [6.45, 7) is 11.4. The van der Waals surface area contributed by atoms with Crippen LogP contribution in [-0.4, -0.2) is 9.38 Å². The Morgan fingerprint density at radius 1 is 1.04 bits per heavy atom. The maximum Gasteiger partial charge on any atom is 0.258 e. The van der Waals surface area contributed by atoms with Crippen molar-refractivity contribution >= 4 is 5.65 Å². The van der Waals surface area contributed by atoms with Crippen molar-refractivity contribution in [3.8, 4) is 0 Å². The van der Waals surface area contributed by atoms with Gasteiger partial charge in [-0.2, -0.15) is 0 Å². The van der Waals surface area contributed by atoms with Crippen molar-refractivity contribution in [2.24, 2.45) is 5.92 Å². The molecule has 0 fully saturated rings. The molecule has 2 aromatic heterocycles. The van der Waals surface area contributed by atoms with Crippen molar-refractivity contribution in [3.05, 3.63) is 81.4 Å².